The van der Waals surface area contributed by atoms with E-state index < -0.39 is 18.7 Å². The van der Waals surface area contributed by atoms with Crippen molar-refractivity contribution in [1.82, 2.24) is 15.2 Å². The fourth-order valence-electron chi connectivity index (χ4n) is 2.19. The molecule has 1 saturated heterocycles. The van der Waals surface area contributed by atoms with Crippen molar-refractivity contribution in [2.45, 2.75) is 18.9 Å². The van der Waals surface area contributed by atoms with Crippen LogP contribution in [0.5, 0.6) is 0 Å². The lowest BCUT2D eigenvalue weighted by Crippen LogP contribution is -2.28. The Hall–Kier alpha value is -2.01. The monoisotopic (exact) mass is 294 g/mol. The van der Waals surface area contributed by atoms with Crippen molar-refractivity contribution in [2.24, 2.45) is 0 Å². The molecule has 0 spiro atoms. The molecule has 112 valence electrons. The number of carbonyl (C=O) groups excluding carboxylic acids is 1. The number of fused-ring (bicyclic) bond motifs is 1. The number of alkyl carbamates (subject to hydrolysis) is 1. The summed E-state index contributed by atoms with van der Waals surface area (Å²) < 4.78 is 61.1. The number of amides is 1. The Bertz CT molecular complexity index is 944. The molecule has 21 heavy (non-hydrogen) atoms. The highest BCUT2D eigenvalue weighted by Gasteiger charge is 2.22. The molecule has 2 heterocycles. The van der Waals surface area contributed by atoms with E-state index >= 15 is 0 Å². The molecule has 3 rings (SSSR count). The van der Waals surface area contributed by atoms with Crippen LogP contribution in [0.4, 0.5) is 4.79 Å². The predicted molar refractivity (Wildman–Crippen MR) is 82.5 cm³/mol. The first-order valence-electron chi connectivity index (χ1n) is 10.1. The van der Waals surface area contributed by atoms with E-state index in [1.807, 2.05) is 19.0 Å². The number of rotatable bonds is 5. The van der Waals surface area contributed by atoms with Gasteiger partial charge < -0.3 is 19.9 Å². The number of nitrogens with zero attached hydrogens (tertiary/aromatic N) is 1. The predicted octanol–water partition coefficient (Wildman–Crippen LogP) is 1.92. The molecule has 1 fully saturated rings. The average molecular weight is 294 g/mol. The Morgan fingerprint density at radius 1 is 1.57 bits per heavy atom. The summed E-state index contributed by atoms with van der Waals surface area (Å²) >= 11 is 0. The number of nitrogens with one attached hydrogen (secondary N) is 2. The number of benzene rings is 1. The third-order valence-corrected chi connectivity index (χ3v) is 3.28. The molecule has 0 aliphatic carbocycles. The maximum absolute atomic E-state index is 11.6. The second-order valence-electron chi connectivity index (χ2n) is 5.25. The number of hydrogen-bond donors (Lipinski definition) is 2. The second-order valence-corrected chi connectivity index (χ2v) is 5.25. The molecule has 1 amide bonds. The molecule has 1 atom stereocenters. The van der Waals surface area contributed by atoms with Crippen LogP contribution in [0.15, 0.2) is 24.3 Å². The van der Waals surface area contributed by atoms with Crippen molar-refractivity contribution in [3.05, 3.63) is 35.5 Å². The smallest absolute Gasteiger partial charge is 0.407 e. The van der Waals surface area contributed by atoms with Gasteiger partial charge in [-0.15, -0.1) is 0 Å². The highest BCUT2D eigenvalue weighted by atomic mass is 16.6. The van der Waals surface area contributed by atoms with E-state index in [0.29, 0.717) is 29.2 Å². The average Bonchev–Trinajstić information content (AvgIpc) is 3.02. The lowest BCUT2D eigenvalue weighted by Gasteiger charge is -2.09. The van der Waals surface area contributed by atoms with Gasteiger partial charge >= 0.3 is 6.09 Å². The number of likely N-dealkylation sites (N-methyl/N-ethyl adjacent to an activating group) is 1. The Kier molecular flexibility index (Phi) is 2.16. The molecule has 1 aromatic carbocycles. The Morgan fingerprint density at radius 2 is 2.43 bits per heavy atom. The van der Waals surface area contributed by atoms with Crippen molar-refractivity contribution in [3.8, 4) is 0 Å². The van der Waals surface area contributed by atoms with Crippen molar-refractivity contribution in [3.63, 3.8) is 0 Å². The van der Waals surface area contributed by atoms with Gasteiger partial charge in [0.15, 0.2) is 2.82 Å². The molecular formula is C16H21N3O2. The molecule has 0 saturated carbocycles. The first-order chi connectivity index (χ1) is 13.0. The lowest BCUT2D eigenvalue weighted by molar-refractivity contribution is 0.177. The van der Waals surface area contributed by atoms with Crippen LogP contribution in [0.1, 0.15) is 18.0 Å². The molecule has 0 radical (unpaired) electrons. The van der Waals surface area contributed by atoms with Crippen LogP contribution in [0.25, 0.3) is 10.9 Å². The first kappa shape index (κ1) is 7.84. The topological polar surface area (TPSA) is 57.4 Å². The van der Waals surface area contributed by atoms with Gasteiger partial charge in [-0.05, 0) is 50.1 Å². The van der Waals surface area contributed by atoms with Crippen LogP contribution in [0, 0.1) is 0 Å². The van der Waals surface area contributed by atoms with Crippen LogP contribution in [-0.2, 0) is 17.6 Å². The maximum Gasteiger partial charge on any atom is 0.407 e. The SMILES string of the molecule is [2H]c1c(C[C@@H]2N([2H])C(=O)OC2([2H])[2H])c([2H])c2c(CCN(C)C)cn([2H])c2c1[2H]. The zero-order chi connectivity index (χ0) is 21.0. The van der Waals surface area contributed by atoms with E-state index in [2.05, 4.69) is 4.74 Å². The van der Waals surface area contributed by atoms with Gasteiger partial charge in [0.05, 0.1) is 12.9 Å². The number of cyclic esters (lactones) is 1. The standard InChI is InChI=1S/C16H21N3O2/c1-19(2)6-5-12-9-17-15-4-3-11(8-14(12)15)7-13-10-21-16(20)18-13/h3-4,8-9,13,17H,5-7,10H2,1-2H3,(H,18,20)/t13-/m0/s1/i3D,4D,8D,10D2/hD2. The van der Waals surface area contributed by atoms with Gasteiger partial charge in [0, 0.05) is 23.6 Å². The lowest BCUT2D eigenvalue weighted by atomic mass is 10.0. The summed E-state index contributed by atoms with van der Waals surface area (Å²) in [6.45, 7) is -1.78. The third kappa shape index (κ3) is 3.19. The summed E-state index contributed by atoms with van der Waals surface area (Å²) in [4.78, 5) is 14.5. The normalized spacial score (nSPS) is 25.9. The summed E-state index contributed by atoms with van der Waals surface area (Å²) in [6.07, 6.45) is 0.613. The molecule has 1 aromatic heterocycles. The Balaban J connectivity index is 2.13. The van der Waals surface area contributed by atoms with Crippen molar-refractivity contribution >= 4 is 17.0 Å². The second kappa shape index (κ2) is 5.77. The number of H-pyrrole nitrogens is 1. The molecule has 2 N–H and O–H groups in total. The molecule has 1 aliphatic heterocycles. The molecule has 5 heteroatoms. The summed E-state index contributed by atoms with van der Waals surface area (Å²) in [5.74, 6) is 0. The molecule has 0 bridgehead atoms. The minimum Gasteiger partial charge on any atom is -0.447 e. The van der Waals surface area contributed by atoms with Crippen LogP contribution < -0.4 is 5.31 Å². The van der Waals surface area contributed by atoms with Gasteiger partial charge in [-0.1, -0.05) is 6.04 Å². The summed E-state index contributed by atoms with van der Waals surface area (Å²) in [7, 11) is 3.79. The van der Waals surface area contributed by atoms with Crippen LogP contribution in [0.3, 0.4) is 0 Å². The molecule has 2 aromatic rings. The largest absolute Gasteiger partial charge is 0.447 e. The van der Waals surface area contributed by atoms with Gasteiger partial charge in [0.2, 0.25) is 0 Å². The third-order valence-electron chi connectivity index (χ3n) is 3.28. The molecule has 5 nitrogen and oxygen atoms in total. The van der Waals surface area contributed by atoms with Crippen LogP contribution in [0.2, 0.25) is 2.82 Å². The molecular weight excluding hydrogens is 266 g/mol. The van der Waals surface area contributed by atoms with E-state index in [1.165, 1.54) is 6.20 Å². The number of hydrogen-bond acceptors (Lipinski definition) is 3. The van der Waals surface area contributed by atoms with E-state index in [-0.39, 0.29) is 35.6 Å². The minimum absolute atomic E-state index is 0.0548. The van der Waals surface area contributed by atoms with Crippen LogP contribution in [-0.4, -0.2) is 49.2 Å². The maximum atomic E-state index is 11.6. The first-order valence-corrected chi connectivity index (χ1v) is 6.73. The van der Waals surface area contributed by atoms with Gasteiger partial charge in [0.1, 0.15) is 6.56 Å². The summed E-state index contributed by atoms with van der Waals surface area (Å²) in [5.41, 5.74) is 0.888. The fourth-order valence-corrected chi connectivity index (χ4v) is 2.19. The van der Waals surface area contributed by atoms with Gasteiger partial charge in [-0.2, -0.15) is 0 Å². The summed E-state index contributed by atoms with van der Waals surface area (Å²) in [5, 5.41) is 0.741. The number of aromatic amines is 1. The van der Waals surface area contributed by atoms with E-state index in [0.717, 1.165) is 4.98 Å². The minimum atomic E-state index is -2.44. The molecule has 0 unspecified atom stereocenters. The van der Waals surface area contributed by atoms with Gasteiger partial charge in [0.25, 0.3) is 0 Å². The fraction of sp³-hybridized carbons (Fsp3) is 0.438. The van der Waals surface area contributed by atoms with Crippen molar-refractivity contribution in [2.75, 3.05) is 27.2 Å². The number of aromatic nitrogens is 1. The van der Waals surface area contributed by atoms with Crippen molar-refractivity contribution in [1.29, 1.82) is 0 Å². The van der Waals surface area contributed by atoms with E-state index in [4.69, 9.17) is 9.68 Å². The van der Waals surface area contributed by atoms with Gasteiger partial charge in [-0.3, -0.25) is 0 Å². The zero-order valence-electron chi connectivity index (χ0n) is 18.9. The Morgan fingerprint density at radius 3 is 3.14 bits per heavy atom. The highest BCUT2D eigenvalue weighted by molar-refractivity contribution is 5.84. The zero-order valence-corrected chi connectivity index (χ0v) is 11.9. The molecule has 1 aliphatic rings. The van der Waals surface area contributed by atoms with E-state index in [1.54, 1.807) is 0 Å². The summed E-state index contributed by atoms with van der Waals surface area (Å²) in [6, 6.07) is -1.98. The quantitative estimate of drug-likeness (QED) is 0.886. The highest BCUT2D eigenvalue weighted by Crippen LogP contribution is 2.21. The van der Waals surface area contributed by atoms with E-state index in [9.17, 15) is 4.79 Å². The Labute approximate surface area is 134 Å². The van der Waals surface area contributed by atoms with Crippen molar-refractivity contribution < 1.29 is 19.2 Å². The van der Waals surface area contributed by atoms with Gasteiger partial charge in [-0.25, -0.2) is 4.79 Å². The number of carbonyl (C=O) groups is 1. The number of ether oxygens (including phenoxy) is 1. The van der Waals surface area contributed by atoms with Crippen LogP contribution >= 0.6 is 0 Å².